The van der Waals surface area contributed by atoms with Gasteiger partial charge < -0.3 is 0 Å². The van der Waals surface area contributed by atoms with E-state index in [-0.39, 0.29) is 5.92 Å². The van der Waals surface area contributed by atoms with Gasteiger partial charge in [-0.3, -0.25) is 0 Å². The minimum atomic E-state index is -1.33. The molecule has 1 aromatic heterocycles. The van der Waals surface area contributed by atoms with Crippen LogP contribution in [0.25, 0.3) is 22.4 Å². The molecule has 2 aromatic carbocycles. The van der Waals surface area contributed by atoms with Gasteiger partial charge in [-0.2, -0.15) is 0 Å². The summed E-state index contributed by atoms with van der Waals surface area (Å²) in [7, 11) is 2.06. The van der Waals surface area contributed by atoms with Crippen molar-refractivity contribution in [3.05, 3.63) is 78.0 Å². The maximum Gasteiger partial charge on any atom is 0.212 e. The monoisotopic (exact) mass is 318 g/mol. The van der Waals surface area contributed by atoms with E-state index in [0.717, 1.165) is 16.7 Å². The van der Waals surface area contributed by atoms with E-state index in [9.17, 15) is 0 Å². The van der Waals surface area contributed by atoms with Gasteiger partial charge in [0.05, 0.1) is 0 Å². The number of pyridine rings is 1. The van der Waals surface area contributed by atoms with Crippen molar-refractivity contribution in [3.63, 3.8) is 0 Å². The Kier molecular flexibility index (Phi) is 4.08. The van der Waals surface area contributed by atoms with Crippen molar-refractivity contribution in [1.82, 2.24) is 0 Å². The van der Waals surface area contributed by atoms with Crippen LogP contribution in [0.2, 0.25) is 0 Å². The fraction of sp³-hybridized carbons (Fsp3) is 0.261. The topological polar surface area (TPSA) is 3.88 Å². The normalized spacial score (nSPS) is 12.9. The molecule has 0 radical (unpaired) electrons. The molecule has 3 rings (SSSR count). The molecule has 0 atom stereocenters. The molecule has 0 aliphatic heterocycles. The summed E-state index contributed by atoms with van der Waals surface area (Å²) in [5.74, 6) is -0.0720. The predicted molar refractivity (Wildman–Crippen MR) is 102 cm³/mol. The van der Waals surface area contributed by atoms with Gasteiger partial charge in [0.1, 0.15) is 7.05 Å². The number of hydrogen-bond donors (Lipinski definition) is 0. The van der Waals surface area contributed by atoms with Crippen LogP contribution in [-0.4, -0.2) is 0 Å². The summed E-state index contributed by atoms with van der Waals surface area (Å²) in [5, 5.41) is 0. The Balaban J connectivity index is 2.02. The Morgan fingerprint density at radius 3 is 2.46 bits per heavy atom. The lowest BCUT2D eigenvalue weighted by molar-refractivity contribution is -0.659. The zero-order valence-corrected chi connectivity index (χ0v) is 14.9. The predicted octanol–water partition coefficient (Wildman–Crippen LogP) is 5.35. The average molecular weight is 318 g/mol. The number of benzene rings is 2. The number of aryl methyl sites for hydroxylation is 2. The summed E-state index contributed by atoms with van der Waals surface area (Å²) in [6, 6.07) is 20.5. The molecule has 0 unspecified atom stereocenters. The first-order valence-electron chi connectivity index (χ1n) is 9.47. The van der Waals surface area contributed by atoms with Gasteiger partial charge in [0, 0.05) is 19.9 Å². The summed E-state index contributed by atoms with van der Waals surface area (Å²) >= 11 is 0. The number of nitrogens with zero attached hydrogens (tertiary/aromatic N) is 1. The van der Waals surface area contributed by atoms with Crippen LogP contribution < -0.4 is 4.57 Å². The molecule has 0 bridgehead atoms. The first-order valence-corrected chi connectivity index (χ1v) is 8.47. The van der Waals surface area contributed by atoms with E-state index in [2.05, 4.69) is 61.1 Å². The zero-order chi connectivity index (χ0) is 18.9. The molecule has 1 heterocycles. The van der Waals surface area contributed by atoms with Gasteiger partial charge in [-0.05, 0) is 48.0 Å². The van der Waals surface area contributed by atoms with Gasteiger partial charge in [-0.1, -0.05) is 56.3 Å². The fourth-order valence-electron chi connectivity index (χ4n) is 3.04. The quantitative estimate of drug-likeness (QED) is 0.571. The molecular weight excluding hydrogens is 290 g/mol. The highest BCUT2D eigenvalue weighted by molar-refractivity contribution is 5.66. The van der Waals surface area contributed by atoms with Crippen LogP contribution in [-0.2, 0) is 13.4 Å². The van der Waals surface area contributed by atoms with Crippen molar-refractivity contribution in [3.8, 4) is 22.4 Å². The van der Waals surface area contributed by atoms with E-state index in [0.29, 0.717) is 0 Å². The standard InChI is InChI=1S/C23H26N/c1-17(2)14-19-9-7-10-20(15-19)21-12-13-23(24(4)16-21)22-11-6-5-8-18(22)3/h5-13,15-17H,14H2,1-4H3/q+1/i14D2. The SMILES string of the molecule is [2H]C([2H])(c1cccc(-c2ccc(-c3ccccc3C)[n+](C)c2)c1)C(C)C. The minimum absolute atomic E-state index is 0.0720. The molecule has 0 N–H and O–H groups in total. The smallest absolute Gasteiger partial charge is 0.200 e. The van der Waals surface area contributed by atoms with E-state index in [1.807, 2.05) is 38.1 Å². The van der Waals surface area contributed by atoms with Crippen molar-refractivity contribution in [2.75, 3.05) is 0 Å². The maximum absolute atomic E-state index is 8.35. The van der Waals surface area contributed by atoms with Crippen LogP contribution in [0.3, 0.4) is 0 Å². The molecule has 0 aliphatic carbocycles. The average Bonchev–Trinajstić information content (AvgIpc) is 2.62. The molecule has 0 saturated heterocycles. The lowest BCUT2D eigenvalue weighted by Crippen LogP contribution is -2.30. The zero-order valence-electron chi connectivity index (χ0n) is 16.9. The van der Waals surface area contributed by atoms with E-state index >= 15 is 0 Å². The van der Waals surface area contributed by atoms with Crippen molar-refractivity contribution in [1.29, 1.82) is 0 Å². The summed E-state index contributed by atoms with van der Waals surface area (Å²) in [4.78, 5) is 0. The molecule has 3 aromatic rings. The van der Waals surface area contributed by atoms with Crippen LogP contribution in [0.4, 0.5) is 0 Å². The Morgan fingerprint density at radius 1 is 0.958 bits per heavy atom. The third-order valence-corrected chi connectivity index (χ3v) is 4.21. The summed E-state index contributed by atoms with van der Waals surface area (Å²) < 4.78 is 18.9. The van der Waals surface area contributed by atoms with Gasteiger partial charge in [-0.25, -0.2) is 4.57 Å². The van der Waals surface area contributed by atoms with Gasteiger partial charge in [-0.15, -0.1) is 0 Å². The first kappa shape index (κ1) is 14.0. The number of aromatic nitrogens is 1. The van der Waals surface area contributed by atoms with Gasteiger partial charge in [0.25, 0.3) is 0 Å². The second-order valence-electron chi connectivity index (χ2n) is 6.61. The molecule has 24 heavy (non-hydrogen) atoms. The Bertz CT molecular complexity index is 929. The van der Waals surface area contributed by atoms with Crippen molar-refractivity contribution >= 4 is 0 Å². The van der Waals surface area contributed by atoms with Crippen LogP contribution in [0.5, 0.6) is 0 Å². The van der Waals surface area contributed by atoms with Crippen LogP contribution >= 0.6 is 0 Å². The third-order valence-electron chi connectivity index (χ3n) is 4.21. The van der Waals surface area contributed by atoms with Crippen LogP contribution in [0, 0.1) is 12.8 Å². The van der Waals surface area contributed by atoms with Crippen LogP contribution in [0.15, 0.2) is 66.9 Å². The molecular formula is C23H26N+. The van der Waals surface area contributed by atoms with Gasteiger partial charge >= 0.3 is 0 Å². The van der Waals surface area contributed by atoms with Crippen LogP contribution in [0.1, 0.15) is 27.7 Å². The number of rotatable bonds is 4. The molecule has 0 aliphatic rings. The van der Waals surface area contributed by atoms with E-state index < -0.39 is 6.37 Å². The van der Waals surface area contributed by atoms with E-state index in [4.69, 9.17) is 2.74 Å². The van der Waals surface area contributed by atoms with Crippen molar-refractivity contribution < 1.29 is 7.31 Å². The molecule has 0 fully saturated rings. The number of hydrogen-bond acceptors (Lipinski definition) is 0. The molecule has 1 nitrogen and oxygen atoms in total. The Labute approximate surface area is 148 Å². The lowest BCUT2D eigenvalue weighted by Gasteiger charge is -2.09. The highest BCUT2D eigenvalue weighted by Crippen LogP contribution is 2.24. The Hall–Kier alpha value is -2.41. The largest absolute Gasteiger partial charge is 0.212 e. The summed E-state index contributed by atoms with van der Waals surface area (Å²) in [5.41, 5.74) is 6.51. The minimum Gasteiger partial charge on any atom is -0.200 e. The van der Waals surface area contributed by atoms with Gasteiger partial charge in [0.15, 0.2) is 6.20 Å². The highest BCUT2D eigenvalue weighted by atomic mass is 14.9. The maximum atomic E-state index is 8.35. The Morgan fingerprint density at radius 2 is 1.75 bits per heavy atom. The summed E-state index contributed by atoms with van der Waals surface area (Å²) in [6.07, 6.45) is 0.783. The van der Waals surface area contributed by atoms with E-state index in [1.54, 1.807) is 0 Å². The molecule has 122 valence electrons. The second-order valence-corrected chi connectivity index (χ2v) is 6.61. The fourth-order valence-corrected chi connectivity index (χ4v) is 3.04. The van der Waals surface area contributed by atoms with Gasteiger partial charge in [0.2, 0.25) is 5.69 Å². The first-order chi connectivity index (χ1) is 12.3. The van der Waals surface area contributed by atoms with Crippen molar-refractivity contribution in [2.24, 2.45) is 13.0 Å². The third kappa shape index (κ3) is 3.56. The molecule has 0 amide bonds. The highest BCUT2D eigenvalue weighted by Gasteiger charge is 2.13. The van der Waals surface area contributed by atoms with Crippen molar-refractivity contribution in [2.45, 2.75) is 27.1 Å². The van der Waals surface area contributed by atoms with E-state index in [1.165, 1.54) is 16.8 Å². The second kappa shape index (κ2) is 7.00. The molecule has 0 saturated carbocycles. The molecule has 0 spiro atoms. The lowest BCUT2D eigenvalue weighted by atomic mass is 9.98. The molecule has 1 heteroatoms. The summed E-state index contributed by atoms with van der Waals surface area (Å²) in [6.45, 7) is 5.97.